The van der Waals surface area contributed by atoms with E-state index in [4.69, 9.17) is 19.2 Å². The van der Waals surface area contributed by atoms with Crippen molar-refractivity contribution in [2.75, 3.05) is 36.3 Å². The van der Waals surface area contributed by atoms with Crippen LogP contribution in [-0.2, 0) is 22.5 Å². The molecule has 4 aromatic carbocycles. The van der Waals surface area contributed by atoms with Gasteiger partial charge in [-0.05, 0) is 54.4 Å². The van der Waals surface area contributed by atoms with Crippen LogP contribution in [0.25, 0.3) is 11.0 Å². The molecule has 0 saturated heterocycles. The van der Waals surface area contributed by atoms with E-state index in [-0.39, 0.29) is 29.7 Å². The standard InChI is InChI=1S/C32H31N5O6S/c1-41-25-14-11-21(12-15-25)13-16-30(38)33-22-7-6-8-24(17-22)37(44(39)40)32-31(35-28-9-4-5-10-29(28)36-32)34-23-18-26(42-2)20-27(19-23)43-3/h4-12,14-15,17-20H,13,16H2,1-3H3,(H,33,38)(H,34,35)(H,39,40)/p-1. The molecule has 1 aromatic heterocycles. The molecule has 0 aliphatic carbocycles. The third-order valence-corrected chi connectivity index (χ3v) is 7.35. The van der Waals surface area contributed by atoms with Crippen LogP contribution < -0.4 is 29.1 Å². The van der Waals surface area contributed by atoms with Gasteiger partial charge in [0, 0.05) is 36.0 Å². The molecule has 44 heavy (non-hydrogen) atoms. The molecule has 12 heteroatoms. The van der Waals surface area contributed by atoms with Crippen molar-refractivity contribution in [1.82, 2.24) is 9.97 Å². The zero-order chi connectivity index (χ0) is 31.1. The number of para-hydroxylation sites is 2. The number of rotatable bonds is 12. The summed E-state index contributed by atoms with van der Waals surface area (Å²) in [5.74, 6) is 1.79. The molecule has 5 rings (SSSR count). The number of carbonyl (C=O) groups excluding carboxylic acids is 1. The van der Waals surface area contributed by atoms with Crippen molar-refractivity contribution in [2.45, 2.75) is 12.8 Å². The van der Waals surface area contributed by atoms with E-state index >= 15 is 0 Å². The molecule has 1 amide bonds. The highest BCUT2D eigenvalue weighted by Gasteiger charge is 2.21. The Morgan fingerprint density at radius 1 is 0.795 bits per heavy atom. The normalized spacial score (nSPS) is 11.5. The first kappa shape index (κ1) is 30.3. The summed E-state index contributed by atoms with van der Waals surface area (Å²) in [5, 5.41) is 6.04. The van der Waals surface area contributed by atoms with E-state index in [0.717, 1.165) is 15.6 Å². The Bertz CT molecular complexity index is 1780. The summed E-state index contributed by atoms with van der Waals surface area (Å²) >= 11 is -2.81. The number of nitrogens with one attached hydrogen (secondary N) is 2. The van der Waals surface area contributed by atoms with Crippen LogP contribution in [0, 0.1) is 0 Å². The van der Waals surface area contributed by atoms with Gasteiger partial charge in [-0.3, -0.25) is 13.3 Å². The third kappa shape index (κ3) is 7.22. The average Bonchev–Trinajstić information content (AvgIpc) is 3.04. The summed E-state index contributed by atoms with van der Waals surface area (Å²) in [6.07, 6.45) is 0.769. The predicted molar refractivity (Wildman–Crippen MR) is 170 cm³/mol. The van der Waals surface area contributed by atoms with Gasteiger partial charge < -0.3 is 29.4 Å². The number of methoxy groups -OCH3 is 3. The van der Waals surface area contributed by atoms with Crippen molar-refractivity contribution < 1.29 is 27.8 Å². The lowest BCUT2D eigenvalue weighted by Crippen LogP contribution is -2.23. The second kappa shape index (κ2) is 13.8. The van der Waals surface area contributed by atoms with Crippen LogP contribution in [0.15, 0.2) is 91.0 Å². The monoisotopic (exact) mass is 612 g/mol. The second-order valence-corrected chi connectivity index (χ2v) is 10.4. The lowest BCUT2D eigenvalue weighted by molar-refractivity contribution is -0.116. The number of hydrogen-bond donors (Lipinski definition) is 2. The van der Waals surface area contributed by atoms with Gasteiger partial charge >= 0.3 is 0 Å². The maximum atomic E-state index is 12.8. The molecule has 1 heterocycles. The van der Waals surface area contributed by atoms with Gasteiger partial charge in [0.25, 0.3) is 0 Å². The van der Waals surface area contributed by atoms with E-state index in [2.05, 4.69) is 15.6 Å². The maximum absolute atomic E-state index is 12.8. The van der Waals surface area contributed by atoms with Gasteiger partial charge in [0.1, 0.15) is 17.2 Å². The third-order valence-electron chi connectivity index (χ3n) is 6.67. The van der Waals surface area contributed by atoms with E-state index < -0.39 is 11.3 Å². The number of benzene rings is 4. The van der Waals surface area contributed by atoms with E-state index in [9.17, 15) is 13.6 Å². The minimum atomic E-state index is -2.81. The lowest BCUT2D eigenvalue weighted by Gasteiger charge is -2.27. The molecular formula is C32H30N5O6S-. The van der Waals surface area contributed by atoms with Crippen molar-refractivity contribution in [2.24, 2.45) is 0 Å². The first-order valence-electron chi connectivity index (χ1n) is 13.6. The zero-order valence-electron chi connectivity index (χ0n) is 24.3. The van der Waals surface area contributed by atoms with Crippen molar-refractivity contribution in [1.29, 1.82) is 0 Å². The molecule has 0 saturated carbocycles. The fourth-order valence-electron chi connectivity index (χ4n) is 4.50. The molecule has 0 spiro atoms. The van der Waals surface area contributed by atoms with Crippen LogP contribution in [0.4, 0.5) is 28.7 Å². The van der Waals surface area contributed by atoms with E-state index in [1.165, 1.54) is 14.2 Å². The minimum absolute atomic E-state index is 0.0294. The van der Waals surface area contributed by atoms with E-state index in [1.54, 1.807) is 67.8 Å². The van der Waals surface area contributed by atoms with E-state index in [1.807, 2.05) is 30.3 Å². The van der Waals surface area contributed by atoms with Crippen molar-refractivity contribution in [3.05, 3.63) is 96.6 Å². The molecule has 1 atom stereocenters. The lowest BCUT2D eigenvalue weighted by atomic mass is 10.1. The molecule has 1 unspecified atom stereocenters. The highest BCUT2D eigenvalue weighted by molar-refractivity contribution is 7.81. The number of nitrogens with zero attached hydrogens (tertiary/aromatic N) is 3. The summed E-state index contributed by atoms with van der Waals surface area (Å²) in [6.45, 7) is 0. The molecule has 0 bridgehead atoms. The summed E-state index contributed by atoms with van der Waals surface area (Å²) in [6, 6.07) is 26.3. The number of carbonyl (C=O) groups is 1. The number of aromatic nitrogens is 2. The van der Waals surface area contributed by atoms with E-state index in [0.29, 0.717) is 40.3 Å². The Labute approximate surface area is 257 Å². The Hall–Kier alpha value is -5.20. The first-order valence-corrected chi connectivity index (χ1v) is 14.6. The van der Waals surface area contributed by atoms with Gasteiger partial charge in [0.05, 0.1) is 49.3 Å². The summed E-state index contributed by atoms with van der Waals surface area (Å²) < 4.78 is 42.5. The zero-order valence-corrected chi connectivity index (χ0v) is 25.1. The van der Waals surface area contributed by atoms with Crippen LogP contribution in [0.5, 0.6) is 17.2 Å². The van der Waals surface area contributed by atoms with Gasteiger partial charge in [-0.25, -0.2) is 9.97 Å². The van der Waals surface area contributed by atoms with Crippen LogP contribution in [0.3, 0.4) is 0 Å². The Morgan fingerprint density at radius 3 is 2.09 bits per heavy atom. The largest absolute Gasteiger partial charge is 0.755 e. The molecule has 0 fully saturated rings. The smallest absolute Gasteiger partial charge is 0.224 e. The molecular weight excluding hydrogens is 582 g/mol. The number of anilines is 5. The Kier molecular flexibility index (Phi) is 9.52. The van der Waals surface area contributed by atoms with Crippen LogP contribution >= 0.6 is 0 Å². The fourth-order valence-corrected chi connectivity index (χ4v) is 5.05. The summed E-state index contributed by atoms with van der Waals surface area (Å²) in [4.78, 5) is 22.1. The van der Waals surface area contributed by atoms with Gasteiger partial charge in [-0.1, -0.05) is 30.3 Å². The summed E-state index contributed by atoms with van der Waals surface area (Å²) in [5.41, 5.74) is 3.27. The average molecular weight is 613 g/mol. The first-order chi connectivity index (χ1) is 21.4. The molecule has 5 aromatic rings. The molecule has 0 aliphatic heterocycles. The molecule has 0 aliphatic rings. The highest BCUT2D eigenvalue weighted by Crippen LogP contribution is 2.36. The minimum Gasteiger partial charge on any atom is -0.755 e. The SMILES string of the molecule is COc1ccc(CCC(=O)Nc2cccc(N(c3nc4ccccc4nc3Nc3cc(OC)cc(OC)c3)S(=O)[O-])c2)cc1. The Morgan fingerprint density at radius 2 is 1.45 bits per heavy atom. The number of aryl methyl sites for hydroxylation is 1. The van der Waals surface area contributed by atoms with Gasteiger partial charge in [0.2, 0.25) is 5.91 Å². The number of ether oxygens (including phenoxy) is 3. The number of fused-ring (bicyclic) bond motifs is 1. The van der Waals surface area contributed by atoms with Crippen LogP contribution in [0.2, 0.25) is 0 Å². The number of amides is 1. The Balaban J connectivity index is 1.45. The molecule has 11 nitrogen and oxygen atoms in total. The van der Waals surface area contributed by atoms with Crippen molar-refractivity contribution in [3.8, 4) is 17.2 Å². The topological polar surface area (TPSA) is 138 Å². The van der Waals surface area contributed by atoms with Crippen LogP contribution in [0.1, 0.15) is 12.0 Å². The maximum Gasteiger partial charge on any atom is 0.224 e. The van der Waals surface area contributed by atoms with Crippen LogP contribution in [-0.4, -0.2) is 46.0 Å². The quantitative estimate of drug-likeness (QED) is 0.165. The highest BCUT2D eigenvalue weighted by atomic mass is 32.2. The summed E-state index contributed by atoms with van der Waals surface area (Å²) in [7, 11) is 4.67. The van der Waals surface area contributed by atoms with Gasteiger partial charge in [-0.2, -0.15) is 0 Å². The second-order valence-electron chi connectivity index (χ2n) is 9.57. The molecule has 226 valence electrons. The molecule has 0 radical (unpaired) electrons. The van der Waals surface area contributed by atoms with Gasteiger partial charge in [0.15, 0.2) is 11.6 Å². The van der Waals surface area contributed by atoms with Gasteiger partial charge in [-0.15, -0.1) is 0 Å². The number of hydrogen-bond acceptors (Lipinski definition) is 9. The fraction of sp³-hybridized carbons (Fsp3) is 0.156. The van der Waals surface area contributed by atoms with Crippen molar-refractivity contribution in [3.63, 3.8) is 0 Å². The van der Waals surface area contributed by atoms with Crippen molar-refractivity contribution >= 4 is 56.9 Å². The predicted octanol–water partition coefficient (Wildman–Crippen LogP) is 5.90. The molecule has 2 N–H and O–H groups in total.